The zero-order chi connectivity index (χ0) is 22.1. The lowest BCUT2D eigenvalue weighted by atomic mass is 10.1. The predicted molar refractivity (Wildman–Crippen MR) is 121 cm³/mol. The number of benzene rings is 1. The summed E-state index contributed by atoms with van der Waals surface area (Å²) >= 11 is 1.46. The number of fused-ring (bicyclic) bond motifs is 4. The SMILES string of the molecule is CCCN1C(=O)c2sccc2N2C(CCCC(=O)NCc3ccc4c(c3)OCO4)=NNC12. The van der Waals surface area contributed by atoms with Crippen LogP contribution in [0.15, 0.2) is 34.7 Å². The third-order valence-electron chi connectivity index (χ3n) is 5.68. The van der Waals surface area contributed by atoms with Gasteiger partial charge in [0.25, 0.3) is 5.91 Å². The van der Waals surface area contributed by atoms with Crippen LogP contribution in [0, 0.1) is 0 Å². The van der Waals surface area contributed by atoms with Gasteiger partial charge in [0.15, 0.2) is 11.5 Å². The van der Waals surface area contributed by atoms with Gasteiger partial charge in [-0.25, -0.2) is 0 Å². The zero-order valence-corrected chi connectivity index (χ0v) is 18.6. The maximum absolute atomic E-state index is 12.8. The first-order valence-electron chi connectivity index (χ1n) is 10.8. The Bertz CT molecular complexity index is 1070. The minimum absolute atomic E-state index is 0.0107. The standard InChI is InChI=1S/C22H25N5O4S/c1-2-9-26-21(29)20-15(8-10-32-20)27-18(24-25-22(26)27)4-3-5-19(28)23-12-14-6-7-16-17(11-14)31-13-30-16/h6-8,10-11,22,25H,2-5,9,12-13H2,1H3,(H,23,28). The Kier molecular flexibility index (Phi) is 5.60. The molecule has 1 unspecified atom stereocenters. The van der Waals surface area contributed by atoms with Crippen molar-refractivity contribution in [1.29, 1.82) is 0 Å². The van der Waals surface area contributed by atoms with Crippen molar-refractivity contribution in [2.24, 2.45) is 5.10 Å². The molecule has 0 radical (unpaired) electrons. The van der Waals surface area contributed by atoms with Crippen molar-refractivity contribution in [3.8, 4) is 11.5 Å². The fraction of sp³-hybridized carbons (Fsp3) is 0.409. The largest absolute Gasteiger partial charge is 0.454 e. The topological polar surface area (TPSA) is 95.5 Å². The molecule has 0 fully saturated rings. The van der Waals surface area contributed by atoms with Crippen LogP contribution in [0.4, 0.5) is 5.69 Å². The molecule has 2 aromatic rings. The number of rotatable bonds is 8. The quantitative estimate of drug-likeness (QED) is 0.636. The number of nitrogens with zero attached hydrogens (tertiary/aromatic N) is 3. The van der Waals surface area contributed by atoms with E-state index in [4.69, 9.17) is 9.47 Å². The van der Waals surface area contributed by atoms with Gasteiger partial charge in [-0.2, -0.15) is 5.10 Å². The van der Waals surface area contributed by atoms with E-state index >= 15 is 0 Å². The lowest BCUT2D eigenvalue weighted by Gasteiger charge is -2.39. The van der Waals surface area contributed by atoms with Crippen molar-refractivity contribution in [2.75, 3.05) is 18.2 Å². The molecule has 32 heavy (non-hydrogen) atoms. The average molecular weight is 456 g/mol. The van der Waals surface area contributed by atoms with Crippen molar-refractivity contribution in [1.82, 2.24) is 15.6 Å². The Balaban J connectivity index is 1.15. The highest BCUT2D eigenvalue weighted by Crippen LogP contribution is 2.37. The monoisotopic (exact) mass is 455 g/mol. The van der Waals surface area contributed by atoms with Gasteiger partial charge in [-0.1, -0.05) is 13.0 Å². The summed E-state index contributed by atoms with van der Waals surface area (Å²) < 4.78 is 10.7. The van der Waals surface area contributed by atoms with Gasteiger partial charge in [-0.3, -0.25) is 24.8 Å². The molecule has 168 valence electrons. The number of amidine groups is 1. The van der Waals surface area contributed by atoms with Crippen LogP contribution in [-0.2, 0) is 11.3 Å². The molecule has 1 aromatic heterocycles. The average Bonchev–Trinajstić information content (AvgIpc) is 3.54. The maximum Gasteiger partial charge on any atom is 0.269 e. The molecular weight excluding hydrogens is 430 g/mol. The first-order chi connectivity index (χ1) is 15.7. The zero-order valence-electron chi connectivity index (χ0n) is 17.8. The molecule has 0 spiro atoms. The molecular formula is C22H25N5O4S. The molecule has 0 aliphatic carbocycles. The number of carbonyl (C=O) groups is 2. The van der Waals surface area contributed by atoms with Gasteiger partial charge in [0.1, 0.15) is 10.7 Å². The van der Waals surface area contributed by atoms with Crippen LogP contribution in [0.2, 0.25) is 0 Å². The molecule has 3 aliphatic heterocycles. The molecule has 0 bridgehead atoms. The molecule has 3 aliphatic rings. The summed E-state index contributed by atoms with van der Waals surface area (Å²) in [7, 11) is 0. The van der Waals surface area contributed by atoms with E-state index in [1.54, 1.807) is 0 Å². The summed E-state index contributed by atoms with van der Waals surface area (Å²) in [4.78, 5) is 29.8. The minimum atomic E-state index is -0.292. The Morgan fingerprint density at radius 1 is 1.31 bits per heavy atom. The lowest BCUT2D eigenvalue weighted by Crippen LogP contribution is -2.58. The second-order valence-corrected chi connectivity index (χ2v) is 8.77. The highest BCUT2D eigenvalue weighted by Gasteiger charge is 2.42. The van der Waals surface area contributed by atoms with E-state index in [1.165, 1.54) is 11.3 Å². The summed E-state index contributed by atoms with van der Waals surface area (Å²) in [5.41, 5.74) is 4.97. The van der Waals surface area contributed by atoms with Crippen LogP contribution in [0.3, 0.4) is 0 Å². The van der Waals surface area contributed by atoms with Crippen LogP contribution in [0.1, 0.15) is 47.8 Å². The number of nitrogens with one attached hydrogen (secondary N) is 2. The number of anilines is 1. The smallest absolute Gasteiger partial charge is 0.269 e. The number of hydrogen-bond donors (Lipinski definition) is 2. The van der Waals surface area contributed by atoms with Crippen molar-refractivity contribution >= 4 is 34.7 Å². The Hall–Kier alpha value is -3.27. The van der Waals surface area contributed by atoms with Crippen LogP contribution in [0.5, 0.6) is 11.5 Å². The molecule has 4 heterocycles. The molecule has 9 nitrogen and oxygen atoms in total. The molecule has 5 rings (SSSR count). The molecule has 0 saturated heterocycles. The number of thiophene rings is 1. The number of ether oxygens (including phenoxy) is 2. The number of carbonyl (C=O) groups excluding carboxylic acids is 2. The van der Waals surface area contributed by atoms with Crippen molar-refractivity contribution in [3.05, 3.63) is 40.1 Å². The van der Waals surface area contributed by atoms with Crippen LogP contribution in [-0.4, -0.2) is 42.2 Å². The highest BCUT2D eigenvalue weighted by atomic mass is 32.1. The Morgan fingerprint density at radius 2 is 2.19 bits per heavy atom. The van der Waals surface area contributed by atoms with Gasteiger partial charge in [0.2, 0.25) is 19.0 Å². The van der Waals surface area contributed by atoms with Crippen molar-refractivity contribution in [3.63, 3.8) is 0 Å². The third-order valence-corrected chi connectivity index (χ3v) is 6.57. The lowest BCUT2D eigenvalue weighted by molar-refractivity contribution is -0.121. The highest BCUT2D eigenvalue weighted by molar-refractivity contribution is 7.12. The minimum Gasteiger partial charge on any atom is -0.454 e. The first kappa shape index (κ1) is 20.6. The molecule has 0 saturated carbocycles. The van der Waals surface area contributed by atoms with Crippen LogP contribution < -0.4 is 25.1 Å². The van der Waals surface area contributed by atoms with Gasteiger partial charge in [-0.15, -0.1) is 11.3 Å². The van der Waals surface area contributed by atoms with E-state index in [0.717, 1.165) is 34.1 Å². The predicted octanol–water partition coefficient (Wildman–Crippen LogP) is 2.84. The number of hydrogen-bond acceptors (Lipinski definition) is 8. The van der Waals surface area contributed by atoms with Gasteiger partial charge in [-0.05, 0) is 42.0 Å². The van der Waals surface area contributed by atoms with Gasteiger partial charge >= 0.3 is 0 Å². The first-order valence-corrected chi connectivity index (χ1v) is 11.7. The van der Waals surface area contributed by atoms with E-state index < -0.39 is 0 Å². The summed E-state index contributed by atoms with van der Waals surface area (Å²) in [5, 5.41) is 9.39. The van der Waals surface area contributed by atoms with E-state index in [1.807, 2.05) is 34.5 Å². The summed E-state index contributed by atoms with van der Waals surface area (Å²) in [6, 6.07) is 7.63. The molecule has 10 heteroatoms. The van der Waals surface area contributed by atoms with Crippen molar-refractivity contribution < 1.29 is 19.1 Å². The number of amides is 2. The van der Waals surface area contributed by atoms with Gasteiger partial charge in [0.05, 0.1) is 5.69 Å². The fourth-order valence-electron chi connectivity index (χ4n) is 4.15. The van der Waals surface area contributed by atoms with Crippen molar-refractivity contribution in [2.45, 2.75) is 45.4 Å². The normalized spacial score (nSPS) is 18.2. The van der Waals surface area contributed by atoms with Crippen LogP contribution in [0.25, 0.3) is 0 Å². The van der Waals surface area contributed by atoms with E-state index in [2.05, 4.69) is 27.7 Å². The fourth-order valence-corrected chi connectivity index (χ4v) is 4.98. The second-order valence-electron chi connectivity index (χ2n) is 7.85. The second kappa shape index (κ2) is 8.70. The molecule has 2 amide bonds. The Labute approximate surface area is 190 Å². The Morgan fingerprint density at radius 3 is 3.06 bits per heavy atom. The van der Waals surface area contributed by atoms with Crippen LogP contribution >= 0.6 is 11.3 Å². The third kappa shape index (κ3) is 3.75. The van der Waals surface area contributed by atoms with E-state index in [0.29, 0.717) is 38.1 Å². The van der Waals surface area contributed by atoms with Gasteiger partial charge in [0, 0.05) is 25.9 Å². The molecule has 1 aromatic carbocycles. The summed E-state index contributed by atoms with van der Waals surface area (Å²) in [6.45, 7) is 3.40. The van der Waals surface area contributed by atoms with E-state index in [9.17, 15) is 9.59 Å². The van der Waals surface area contributed by atoms with Gasteiger partial charge < -0.3 is 14.8 Å². The summed E-state index contributed by atoms with van der Waals surface area (Å²) in [5.74, 6) is 2.33. The molecule has 2 N–H and O–H groups in total. The molecule has 1 atom stereocenters. The van der Waals surface area contributed by atoms with E-state index in [-0.39, 0.29) is 24.9 Å². The summed E-state index contributed by atoms with van der Waals surface area (Å²) in [6.07, 6.45) is 2.29. The number of hydrazone groups is 1. The maximum atomic E-state index is 12.8.